The van der Waals surface area contributed by atoms with E-state index in [0.29, 0.717) is 12.8 Å². The van der Waals surface area contributed by atoms with Crippen molar-refractivity contribution in [3.63, 3.8) is 0 Å². The summed E-state index contributed by atoms with van der Waals surface area (Å²) >= 11 is 0. The van der Waals surface area contributed by atoms with Crippen LogP contribution in [0.25, 0.3) is 0 Å². The summed E-state index contributed by atoms with van der Waals surface area (Å²) in [5.74, 6) is -1.06. The third-order valence-electron chi connectivity index (χ3n) is 10.6. The molecule has 1 unspecified atom stereocenters. The van der Waals surface area contributed by atoms with Gasteiger partial charge in [-0.05, 0) is 122 Å². The van der Waals surface area contributed by atoms with Crippen molar-refractivity contribution < 1.29 is 28.6 Å². The number of rotatable bonds is 46. The molecular formula is C62H96O6. The largest absolute Gasteiger partial charge is 0.462 e. The number of unbranched alkanes of at least 4 members (excludes halogenated alkanes) is 11. The number of hydrogen-bond acceptors (Lipinski definition) is 6. The maximum Gasteiger partial charge on any atom is 0.306 e. The van der Waals surface area contributed by atoms with Gasteiger partial charge in [0.1, 0.15) is 13.2 Å². The highest BCUT2D eigenvalue weighted by molar-refractivity contribution is 5.71. The average molecular weight is 937 g/mol. The molecule has 0 aliphatic heterocycles. The lowest BCUT2D eigenvalue weighted by Gasteiger charge is -2.18. The van der Waals surface area contributed by atoms with Crippen LogP contribution in [-0.4, -0.2) is 37.2 Å². The molecule has 0 saturated heterocycles. The van der Waals surface area contributed by atoms with E-state index in [9.17, 15) is 14.4 Å². The summed E-state index contributed by atoms with van der Waals surface area (Å²) in [4.78, 5) is 38.0. The fourth-order valence-electron chi connectivity index (χ4n) is 6.59. The first kappa shape index (κ1) is 63.3. The third-order valence-corrected chi connectivity index (χ3v) is 10.6. The van der Waals surface area contributed by atoms with Crippen molar-refractivity contribution in [2.75, 3.05) is 13.2 Å². The topological polar surface area (TPSA) is 78.9 Å². The van der Waals surface area contributed by atoms with Gasteiger partial charge in [-0.3, -0.25) is 14.4 Å². The molecule has 0 fully saturated rings. The Labute approximate surface area is 417 Å². The van der Waals surface area contributed by atoms with E-state index in [2.05, 4.69) is 154 Å². The Bertz CT molecular complexity index is 1540. The Balaban J connectivity index is 4.51. The van der Waals surface area contributed by atoms with Gasteiger partial charge in [0.2, 0.25) is 0 Å². The minimum atomic E-state index is -0.831. The van der Waals surface area contributed by atoms with Crippen molar-refractivity contribution in [3.8, 4) is 0 Å². The summed E-state index contributed by atoms with van der Waals surface area (Å²) in [7, 11) is 0. The predicted octanol–water partition coefficient (Wildman–Crippen LogP) is 18.0. The highest BCUT2D eigenvalue weighted by Gasteiger charge is 2.19. The third kappa shape index (κ3) is 52.3. The molecule has 0 aromatic heterocycles. The highest BCUT2D eigenvalue weighted by atomic mass is 16.6. The molecular weight excluding hydrogens is 841 g/mol. The molecule has 0 aliphatic carbocycles. The first-order valence-electron chi connectivity index (χ1n) is 26.8. The molecule has 0 aliphatic rings. The van der Waals surface area contributed by atoms with Gasteiger partial charge in [0.15, 0.2) is 6.10 Å². The van der Waals surface area contributed by atoms with Gasteiger partial charge in [0.25, 0.3) is 0 Å². The second-order valence-corrected chi connectivity index (χ2v) is 17.0. The highest BCUT2D eigenvalue weighted by Crippen LogP contribution is 2.12. The lowest BCUT2D eigenvalue weighted by molar-refractivity contribution is -0.166. The molecule has 0 radical (unpaired) electrons. The summed E-state index contributed by atoms with van der Waals surface area (Å²) < 4.78 is 16.7. The number of carbonyl (C=O) groups excluding carboxylic acids is 3. The maximum atomic E-state index is 12.8. The second kappa shape index (κ2) is 54.9. The van der Waals surface area contributed by atoms with Crippen LogP contribution in [0, 0.1) is 0 Å². The second-order valence-electron chi connectivity index (χ2n) is 17.0. The lowest BCUT2D eigenvalue weighted by Crippen LogP contribution is -2.30. The number of ether oxygens (including phenoxy) is 3. The Morgan fingerprint density at radius 1 is 0.309 bits per heavy atom. The maximum absolute atomic E-state index is 12.8. The van der Waals surface area contributed by atoms with Crippen LogP contribution in [0.15, 0.2) is 146 Å². The minimum Gasteiger partial charge on any atom is -0.462 e. The van der Waals surface area contributed by atoms with Crippen LogP contribution in [0.3, 0.4) is 0 Å². The Hall–Kier alpha value is -4.71. The first-order valence-corrected chi connectivity index (χ1v) is 26.8. The Morgan fingerprint density at radius 2 is 0.603 bits per heavy atom. The number of hydrogen-bond donors (Lipinski definition) is 0. The minimum absolute atomic E-state index is 0.126. The van der Waals surface area contributed by atoms with E-state index >= 15 is 0 Å². The fraction of sp³-hybridized carbons (Fsp3) is 0.565. The molecule has 0 saturated carbocycles. The quantitative estimate of drug-likeness (QED) is 0.0262. The van der Waals surface area contributed by atoms with Crippen molar-refractivity contribution >= 4 is 17.9 Å². The monoisotopic (exact) mass is 937 g/mol. The van der Waals surface area contributed by atoms with E-state index < -0.39 is 6.10 Å². The summed E-state index contributed by atoms with van der Waals surface area (Å²) in [6.45, 7) is 6.24. The number of esters is 3. The fourth-order valence-corrected chi connectivity index (χ4v) is 6.59. The zero-order valence-corrected chi connectivity index (χ0v) is 43.3. The van der Waals surface area contributed by atoms with Gasteiger partial charge in [0.05, 0.1) is 0 Å². The normalized spacial score (nSPS) is 13.3. The van der Waals surface area contributed by atoms with Crippen LogP contribution in [0.4, 0.5) is 0 Å². The van der Waals surface area contributed by atoms with Crippen molar-refractivity contribution in [3.05, 3.63) is 146 Å². The van der Waals surface area contributed by atoms with Crippen molar-refractivity contribution in [2.24, 2.45) is 0 Å². The van der Waals surface area contributed by atoms with Crippen molar-refractivity contribution in [2.45, 2.75) is 213 Å². The molecule has 380 valence electrons. The van der Waals surface area contributed by atoms with Gasteiger partial charge in [-0.2, -0.15) is 0 Å². The smallest absolute Gasteiger partial charge is 0.306 e. The molecule has 0 aromatic rings. The van der Waals surface area contributed by atoms with Gasteiger partial charge >= 0.3 is 17.9 Å². The summed E-state index contributed by atoms with van der Waals surface area (Å²) in [5, 5.41) is 0. The van der Waals surface area contributed by atoms with Gasteiger partial charge in [0, 0.05) is 19.3 Å². The van der Waals surface area contributed by atoms with Gasteiger partial charge in [-0.25, -0.2) is 0 Å². The van der Waals surface area contributed by atoms with E-state index in [1.807, 2.05) is 12.2 Å². The summed E-state index contributed by atoms with van der Waals surface area (Å²) in [5.41, 5.74) is 0. The van der Waals surface area contributed by atoms with Crippen molar-refractivity contribution in [1.82, 2.24) is 0 Å². The van der Waals surface area contributed by atoms with Crippen LogP contribution in [0.5, 0.6) is 0 Å². The molecule has 0 amide bonds. The molecule has 6 heteroatoms. The summed E-state index contributed by atoms with van der Waals surface area (Å²) in [6, 6.07) is 0. The number of allylic oxidation sites excluding steroid dienone is 24. The standard InChI is InChI=1S/C62H96O6/c1-4-7-10-13-16-19-22-25-27-28-29-30-31-32-33-34-35-38-40-43-46-49-52-55-61(64)67-58-59(57-66-60(63)54-51-48-45-42-39-36-24-21-18-15-12-9-6-3)68-62(65)56-53-50-47-44-41-37-26-23-20-17-14-11-8-5-2/h7,9-10,12,14,16-19,21,23,25-27,29-30,32-33,35-36,38-39,45,48,59H,4-6,8,11,13,15,20,22,24,28,31,34,37,40-44,46-47,49-58H2,1-3H3/b10-7-,12-9-,17-14-,19-16-,21-18-,26-23-,27-25-,30-29-,33-32-,38-35-,39-36-,48-45-. The average Bonchev–Trinajstić information content (AvgIpc) is 3.34. The van der Waals surface area contributed by atoms with Crippen LogP contribution < -0.4 is 0 Å². The van der Waals surface area contributed by atoms with Crippen LogP contribution in [-0.2, 0) is 28.6 Å². The van der Waals surface area contributed by atoms with Gasteiger partial charge < -0.3 is 14.2 Å². The SMILES string of the molecule is CC/C=C\C/C=C\C/C=C\C/C=C\C/C=C\C/C=C\CCCCCCC(=O)OCC(COC(=O)CC/C=C\C/C=C\C/C=C\C/C=C\CC)OC(=O)CCCCCCC/C=C\C/C=C\CCCC. The van der Waals surface area contributed by atoms with E-state index in [1.54, 1.807) is 0 Å². The van der Waals surface area contributed by atoms with E-state index in [-0.39, 0.29) is 44.0 Å². The van der Waals surface area contributed by atoms with Gasteiger partial charge in [-0.1, -0.05) is 212 Å². The molecule has 0 rings (SSSR count). The lowest BCUT2D eigenvalue weighted by atomic mass is 10.1. The van der Waals surface area contributed by atoms with E-state index in [1.165, 1.54) is 19.3 Å². The van der Waals surface area contributed by atoms with E-state index in [0.717, 1.165) is 141 Å². The molecule has 0 heterocycles. The zero-order valence-electron chi connectivity index (χ0n) is 43.3. The molecule has 1 atom stereocenters. The van der Waals surface area contributed by atoms with E-state index in [4.69, 9.17) is 14.2 Å². The predicted molar refractivity (Wildman–Crippen MR) is 292 cm³/mol. The zero-order chi connectivity index (χ0) is 49.3. The molecule has 6 nitrogen and oxygen atoms in total. The number of carbonyl (C=O) groups is 3. The Morgan fingerprint density at radius 3 is 0.985 bits per heavy atom. The summed E-state index contributed by atoms with van der Waals surface area (Å²) in [6.07, 6.45) is 78.5. The van der Waals surface area contributed by atoms with Gasteiger partial charge in [-0.15, -0.1) is 0 Å². The first-order chi connectivity index (χ1) is 33.5. The molecule has 68 heavy (non-hydrogen) atoms. The molecule has 0 bridgehead atoms. The van der Waals surface area contributed by atoms with Crippen molar-refractivity contribution in [1.29, 1.82) is 0 Å². The molecule has 0 spiro atoms. The molecule has 0 N–H and O–H groups in total. The Kier molecular flexibility index (Phi) is 51.1. The van der Waals surface area contributed by atoms with Crippen LogP contribution in [0.2, 0.25) is 0 Å². The molecule has 0 aromatic carbocycles. The van der Waals surface area contributed by atoms with Crippen LogP contribution >= 0.6 is 0 Å². The van der Waals surface area contributed by atoms with Crippen LogP contribution in [0.1, 0.15) is 207 Å².